The maximum Gasteiger partial charge on any atom is 0.143 e. The number of hydrogen-bond acceptors (Lipinski definition) is 2. The van der Waals surface area contributed by atoms with Crippen molar-refractivity contribution in [3.8, 4) is 0 Å². The molecule has 0 aliphatic carbocycles. The summed E-state index contributed by atoms with van der Waals surface area (Å²) in [5.41, 5.74) is 0. The predicted octanol–water partition coefficient (Wildman–Crippen LogP) is 0.785. The lowest BCUT2D eigenvalue weighted by molar-refractivity contribution is 0.273. The maximum atomic E-state index is 6.28. The Bertz CT molecular complexity index is 63.9. The van der Waals surface area contributed by atoms with Gasteiger partial charge in [0.2, 0.25) is 0 Å². The van der Waals surface area contributed by atoms with E-state index in [1.165, 1.54) is 6.26 Å². The molecule has 0 aliphatic heterocycles. The summed E-state index contributed by atoms with van der Waals surface area (Å²) in [6.07, 6.45) is 1.22. The monoisotopic (exact) mass is 85.1 g/mol. The lowest BCUT2D eigenvalue weighted by atomic mass is 10.9. The van der Waals surface area contributed by atoms with Crippen molar-refractivity contribution in [2.75, 3.05) is 6.61 Å². The van der Waals surface area contributed by atoms with Crippen LogP contribution >= 0.6 is 0 Å². The van der Waals surface area contributed by atoms with Crippen molar-refractivity contribution in [2.45, 2.75) is 6.92 Å². The predicted molar refractivity (Wildman–Crippen MR) is 23.9 cm³/mol. The minimum absolute atomic E-state index is 0.617. The van der Waals surface area contributed by atoms with Gasteiger partial charge in [0.1, 0.15) is 6.26 Å². The van der Waals surface area contributed by atoms with Crippen molar-refractivity contribution < 1.29 is 4.74 Å². The van der Waals surface area contributed by atoms with Crippen molar-refractivity contribution in [1.82, 2.24) is 0 Å². The molecule has 0 aromatic rings. The summed E-state index contributed by atoms with van der Waals surface area (Å²) in [4.78, 5) is 0. The van der Waals surface area contributed by atoms with E-state index < -0.39 is 0 Å². The Morgan fingerprint density at radius 1 is 2.00 bits per heavy atom. The van der Waals surface area contributed by atoms with Gasteiger partial charge in [-0.05, 0) is 6.92 Å². The van der Waals surface area contributed by atoms with Crippen LogP contribution in [-0.2, 0) is 4.74 Å². The van der Waals surface area contributed by atoms with Gasteiger partial charge in [-0.1, -0.05) is 0 Å². The topological polar surface area (TPSA) is 33.1 Å². The van der Waals surface area contributed by atoms with E-state index in [0.717, 1.165) is 0 Å². The maximum absolute atomic E-state index is 6.28. The van der Waals surface area contributed by atoms with Crippen LogP contribution in [0.4, 0.5) is 0 Å². The average Bonchev–Trinajstić information content (AvgIpc) is 1.61. The SMILES string of the molecule is CCOC=C=N. The summed E-state index contributed by atoms with van der Waals surface area (Å²) < 4.78 is 4.56. The first-order valence-electron chi connectivity index (χ1n) is 1.77. The molecule has 0 aromatic heterocycles. The van der Waals surface area contributed by atoms with Gasteiger partial charge in [0.25, 0.3) is 0 Å². The summed E-state index contributed by atoms with van der Waals surface area (Å²) in [7, 11) is 0. The molecule has 34 valence electrons. The van der Waals surface area contributed by atoms with Gasteiger partial charge in [-0.25, -0.2) is 0 Å². The number of hydrogen-bond donors (Lipinski definition) is 1. The van der Waals surface area contributed by atoms with Crippen molar-refractivity contribution in [1.29, 1.82) is 5.41 Å². The van der Waals surface area contributed by atoms with Crippen molar-refractivity contribution in [2.24, 2.45) is 0 Å². The summed E-state index contributed by atoms with van der Waals surface area (Å²) in [6.45, 7) is 2.47. The highest BCUT2D eigenvalue weighted by Gasteiger charge is 1.59. The average molecular weight is 85.1 g/mol. The molecule has 2 nitrogen and oxygen atoms in total. The number of rotatable bonds is 2. The minimum Gasteiger partial charge on any atom is -0.492 e. The quantitative estimate of drug-likeness (QED) is 0.390. The van der Waals surface area contributed by atoms with Crippen LogP contribution in [0.3, 0.4) is 0 Å². The Balaban J connectivity index is 2.86. The van der Waals surface area contributed by atoms with Crippen LogP contribution in [0.15, 0.2) is 6.26 Å². The number of ether oxygens (including phenoxy) is 1. The highest BCUT2D eigenvalue weighted by molar-refractivity contribution is 5.44. The molecule has 0 atom stereocenters. The highest BCUT2D eigenvalue weighted by atomic mass is 16.5. The fourth-order valence-electron chi connectivity index (χ4n) is 0.125. The van der Waals surface area contributed by atoms with Gasteiger partial charge < -0.3 is 4.74 Å². The largest absolute Gasteiger partial charge is 0.492 e. The lowest BCUT2D eigenvalue weighted by Crippen LogP contribution is -1.74. The first-order valence-corrected chi connectivity index (χ1v) is 1.77. The van der Waals surface area contributed by atoms with E-state index in [1.54, 1.807) is 0 Å². The second kappa shape index (κ2) is 4.25. The second-order valence-electron chi connectivity index (χ2n) is 0.718. The van der Waals surface area contributed by atoms with Gasteiger partial charge in [0.05, 0.1) is 6.61 Å². The Morgan fingerprint density at radius 2 is 2.67 bits per heavy atom. The molecule has 0 aromatic carbocycles. The molecule has 0 saturated heterocycles. The summed E-state index contributed by atoms with van der Waals surface area (Å²) >= 11 is 0. The third kappa shape index (κ3) is 3.25. The first-order chi connectivity index (χ1) is 2.91. The van der Waals surface area contributed by atoms with E-state index in [0.29, 0.717) is 6.61 Å². The molecule has 0 heterocycles. The van der Waals surface area contributed by atoms with Crippen LogP contribution in [0.2, 0.25) is 0 Å². The normalized spacial score (nSPS) is 6.17. The third-order valence-corrected chi connectivity index (χ3v) is 0.309. The zero-order valence-corrected chi connectivity index (χ0v) is 3.69. The molecule has 2 heteroatoms. The van der Waals surface area contributed by atoms with E-state index in [1.807, 2.05) is 12.8 Å². The summed E-state index contributed by atoms with van der Waals surface area (Å²) in [5, 5.41) is 6.28. The Kier molecular flexibility index (Phi) is 3.72. The summed E-state index contributed by atoms with van der Waals surface area (Å²) in [5.74, 6) is 1.97. The van der Waals surface area contributed by atoms with Crippen molar-refractivity contribution in [3.05, 3.63) is 6.26 Å². The van der Waals surface area contributed by atoms with Gasteiger partial charge in [-0.3, -0.25) is 5.41 Å². The molecule has 0 amide bonds. The van der Waals surface area contributed by atoms with Crippen molar-refractivity contribution >= 4 is 5.87 Å². The first kappa shape index (κ1) is 5.25. The van der Waals surface area contributed by atoms with E-state index in [4.69, 9.17) is 5.41 Å². The zero-order valence-electron chi connectivity index (χ0n) is 3.69. The van der Waals surface area contributed by atoms with E-state index in [2.05, 4.69) is 4.74 Å². The molecule has 6 heavy (non-hydrogen) atoms. The van der Waals surface area contributed by atoms with Crippen LogP contribution in [-0.4, -0.2) is 12.5 Å². The highest BCUT2D eigenvalue weighted by Crippen LogP contribution is 1.64. The fourth-order valence-corrected chi connectivity index (χ4v) is 0.125. The van der Waals surface area contributed by atoms with Gasteiger partial charge >= 0.3 is 0 Å². The molecule has 1 N–H and O–H groups in total. The fraction of sp³-hybridized carbons (Fsp3) is 0.500. The molecule has 0 rings (SSSR count). The standard InChI is InChI=1S/C4H7NO/c1-2-6-4-3-5/h4-5H,2H2,1H3. The van der Waals surface area contributed by atoms with E-state index in [9.17, 15) is 0 Å². The molecule has 0 bridgehead atoms. The van der Waals surface area contributed by atoms with Crippen LogP contribution in [0.25, 0.3) is 0 Å². The van der Waals surface area contributed by atoms with Crippen LogP contribution in [0.1, 0.15) is 6.92 Å². The molecule has 0 unspecified atom stereocenters. The van der Waals surface area contributed by atoms with Crippen molar-refractivity contribution in [3.63, 3.8) is 0 Å². The molecule has 0 spiro atoms. The smallest absolute Gasteiger partial charge is 0.143 e. The molecule has 0 aliphatic rings. The molecular formula is C4H7NO. The Labute approximate surface area is 36.9 Å². The van der Waals surface area contributed by atoms with E-state index in [-0.39, 0.29) is 0 Å². The molecule has 0 radical (unpaired) electrons. The van der Waals surface area contributed by atoms with Gasteiger partial charge in [-0.2, -0.15) is 0 Å². The Hall–Kier alpha value is -0.750. The number of nitrogens with one attached hydrogen (secondary N) is 1. The van der Waals surface area contributed by atoms with Crippen LogP contribution in [0, 0.1) is 5.41 Å². The third-order valence-electron chi connectivity index (χ3n) is 0.309. The Morgan fingerprint density at radius 3 is 2.83 bits per heavy atom. The van der Waals surface area contributed by atoms with E-state index >= 15 is 0 Å². The van der Waals surface area contributed by atoms with Crippen LogP contribution in [0.5, 0.6) is 0 Å². The van der Waals surface area contributed by atoms with Gasteiger partial charge in [0.15, 0.2) is 0 Å². The minimum atomic E-state index is 0.617. The van der Waals surface area contributed by atoms with Crippen LogP contribution < -0.4 is 0 Å². The van der Waals surface area contributed by atoms with Gasteiger partial charge in [-0.15, -0.1) is 0 Å². The molecular weight excluding hydrogens is 78.0 g/mol. The second-order valence-corrected chi connectivity index (χ2v) is 0.718. The lowest BCUT2D eigenvalue weighted by Gasteiger charge is -1.83. The summed E-state index contributed by atoms with van der Waals surface area (Å²) in [6, 6.07) is 0. The van der Waals surface area contributed by atoms with Gasteiger partial charge in [0, 0.05) is 5.87 Å². The zero-order chi connectivity index (χ0) is 4.83. The molecule has 0 saturated carbocycles. The molecule has 0 fully saturated rings.